The topological polar surface area (TPSA) is 107 Å². The fourth-order valence-corrected chi connectivity index (χ4v) is 2.81. The van der Waals surface area contributed by atoms with Crippen LogP contribution in [0.5, 0.6) is 23.0 Å². The van der Waals surface area contributed by atoms with Crippen LogP contribution in [0.4, 0.5) is 4.79 Å². The number of rotatable bonds is 6. The Hall–Kier alpha value is -3.68. The largest absolute Gasteiger partial charge is 0.504 e. The van der Waals surface area contributed by atoms with E-state index in [1.54, 1.807) is 24.3 Å². The van der Waals surface area contributed by atoms with Crippen LogP contribution >= 0.6 is 0 Å². The molecular weight excluding hydrogens is 378 g/mol. The molecule has 3 aromatic rings. The van der Waals surface area contributed by atoms with Crippen molar-refractivity contribution in [2.45, 2.75) is 13.3 Å². The van der Waals surface area contributed by atoms with Crippen molar-refractivity contribution >= 4 is 17.1 Å². The van der Waals surface area contributed by atoms with Crippen molar-refractivity contribution in [3.63, 3.8) is 0 Å². The minimum Gasteiger partial charge on any atom is -0.504 e. The zero-order valence-corrected chi connectivity index (χ0v) is 16.3. The molecule has 0 unspecified atom stereocenters. The highest BCUT2D eigenvalue weighted by Crippen LogP contribution is 2.42. The Labute approximate surface area is 166 Å². The first-order valence-electron chi connectivity index (χ1n) is 8.96. The van der Waals surface area contributed by atoms with E-state index < -0.39 is 11.5 Å². The summed E-state index contributed by atoms with van der Waals surface area (Å²) in [6.07, 6.45) is 0.273. The molecule has 0 aliphatic rings. The van der Waals surface area contributed by atoms with E-state index in [9.17, 15) is 14.7 Å². The van der Waals surface area contributed by atoms with Gasteiger partial charge in [0.15, 0.2) is 16.9 Å². The van der Waals surface area contributed by atoms with Gasteiger partial charge < -0.3 is 29.1 Å². The molecule has 0 fully saturated rings. The number of hydrogen-bond donors (Lipinski definition) is 2. The number of ether oxygens (including phenoxy) is 3. The molecule has 1 heterocycles. The normalized spacial score (nSPS) is 10.6. The standard InChI is InChI=1S/C21H21NO7/c1-4-9-22-21(25)28-13-7-5-12(6-8-13)15-10-14(23)18-16(29-15)11-17(26-2)20(27-3)19(18)24/h5-8,10-11,24H,4,9H2,1-3H3,(H,22,25). The van der Waals surface area contributed by atoms with E-state index in [1.165, 1.54) is 26.4 Å². The zero-order valence-electron chi connectivity index (χ0n) is 16.3. The predicted octanol–water partition coefficient (Wildman–Crippen LogP) is 3.68. The van der Waals surface area contributed by atoms with Gasteiger partial charge in [-0.25, -0.2) is 4.79 Å². The van der Waals surface area contributed by atoms with Crippen molar-refractivity contribution in [1.29, 1.82) is 0 Å². The first-order valence-corrected chi connectivity index (χ1v) is 8.96. The Bertz CT molecular complexity index is 1090. The van der Waals surface area contributed by atoms with Crippen LogP contribution in [-0.2, 0) is 0 Å². The van der Waals surface area contributed by atoms with Gasteiger partial charge in [-0.15, -0.1) is 0 Å². The van der Waals surface area contributed by atoms with Crippen LogP contribution in [0.1, 0.15) is 13.3 Å². The first kappa shape index (κ1) is 20.1. The minimum atomic E-state index is -0.534. The van der Waals surface area contributed by atoms with Gasteiger partial charge in [-0.1, -0.05) is 6.92 Å². The van der Waals surface area contributed by atoms with Crippen LogP contribution in [0.2, 0.25) is 0 Å². The van der Waals surface area contributed by atoms with E-state index in [2.05, 4.69) is 5.32 Å². The third kappa shape index (κ3) is 4.11. The van der Waals surface area contributed by atoms with Gasteiger partial charge in [0.1, 0.15) is 22.5 Å². The summed E-state index contributed by atoms with van der Waals surface area (Å²) in [6, 6.07) is 9.26. The summed E-state index contributed by atoms with van der Waals surface area (Å²) >= 11 is 0. The molecule has 0 aliphatic heterocycles. The number of fused-ring (bicyclic) bond motifs is 1. The molecule has 0 spiro atoms. The summed E-state index contributed by atoms with van der Waals surface area (Å²) in [5.74, 6) is 0.595. The lowest BCUT2D eigenvalue weighted by Crippen LogP contribution is -2.27. The zero-order chi connectivity index (χ0) is 21.0. The van der Waals surface area contributed by atoms with Gasteiger partial charge in [0, 0.05) is 24.2 Å². The molecule has 0 radical (unpaired) electrons. The second-order valence-corrected chi connectivity index (χ2v) is 6.15. The first-order chi connectivity index (χ1) is 14.0. The van der Waals surface area contributed by atoms with E-state index in [4.69, 9.17) is 18.6 Å². The van der Waals surface area contributed by atoms with Crippen LogP contribution in [0.25, 0.3) is 22.3 Å². The lowest BCUT2D eigenvalue weighted by Gasteiger charge is -2.12. The van der Waals surface area contributed by atoms with Gasteiger partial charge in [-0.3, -0.25) is 4.79 Å². The number of nitrogens with one attached hydrogen (secondary N) is 1. The summed E-state index contributed by atoms with van der Waals surface area (Å²) in [7, 11) is 2.78. The van der Waals surface area contributed by atoms with Crippen molar-refractivity contribution < 1.29 is 28.5 Å². The summed E-state index contributed by atoms with van der Waals surface area (Å²) in [5.41, 5.74) is 0.320. The monoisotopic (exact) mass is 399 g/mol. The number of aromatic hydroxyl groups is 1. The average Bonchev–Trinajstić information content (AvgIpc) is 2.72. The lowest BCUT2D eigenvalue weighted by atomic mass is 10.1. The van der Waals surface area contributed by atoms with Crippen LogP contribution < -0.4 is 25.0 Å². The molecule has 1 amide bonds. The second-order valence-electron chi connectivity index (χ2n) is 6.15. The van der Waals surface area contributed by atoms with Gasteiger partial charge in [0.2, 0.25) is 5.75 Å². The Balaban J connectivity index is 1.96. The molecule has 0 saturated heterocycles. The summed E-state index contributed by atoms with van der Waals surface area (Å²) < 4.78 is 21.3. The van der Waals surface area contributed by atoms with Crippen LogP contribution in [0, 0.1) is 0 Å². The van der Waals surface area contributed by atoms with E-state index in [0.717, 1.165) is 6.42 Å². The van der Waals surface area contributed by atoms with E-state index in [1.807, 2.05) is 6.92 Å². The van der Waals surface area contributed by atoms with Gasteiger partial charge in [0.25, 0.3) is 0 Å². The Kier molecular flexibility index (Phi) is 5.92. The number of carbonyl (C=O) groups is 1. The molecule has 2 aromatic carbocycles. The highest BCUT2D eigenvalue weighted by Gasteiger charge is 2.19. The van der Waals surface area contributed by atoms with Crippen molar-refractivity contribution in [2.75, 3.05) is 20.8 Å². The molecule has 0 aliphatic carbocycles. The Morgan fingerprint density at radius 2 is 1.86 bits per heavy atom. The molecule has 8 nitrogen and oxygen atoms in total. The van der Waals surface area contributed by atoms with E-state index >= 15 is 0 Å². The van der Waals surface area contributed by atoms with Crippen LogP contribution in [0.15, 0.2) is 45.6 Å². The third-order valence-corrected chi connectivity index (χ3v) is 4.21. The Morgan fingerprint density at radius 1 is 1.14 bits per heavy atom. The number of benzene rings is 2. The minimum absolute atomic E-state index is 0.000973. The van der Waals surface area contributed by atoms with Crippen molar-refractivity contribution in [1.82, 2.24) is 5.32 Å². The third-order valence-electron chi connectivity index (χ3n) is 4.21. The lowest BCUT2D eigenvalue weighted by molar-refractivity contribution is 0.200. The fourth-order valence-electron chi connectivity index (χ4n) is 2.81. The van der Waals surface area contributed by atoms with Crippen LogP contribution in [-0.4, -0.2) is 32.0 Å². The molecule has 0 bridgehead atoms. The van der Waals surface area contributed by atoms with Crippen molar-refractivity contribution in [2.24, 2.45) is 0 Å². The summed E-state index contributed by atoms with van der Waals surface area (Å²) in [6.45, 7) is 2.47. The van der Waals surface area contributed by atoms with Gasteiger partial charge in [-0.2, -0.15) is 0 Å². The Morgan fingerprint density at radius 3 is 2.48 bits per heavy atom. The van der Waals surface area contributed by atoms with Crippen LogP contribution in [0.3, 0.4) is 0 Å². The molecule has 152 valence electrons. The number of amides is 1. The molecule has 2 N–H and O–H groups in total. The number of hydrogen-bond acceptors (Lipinski definition) is 7. The molecule has 0 atom stereocenters. The smallest absolute Gasteiger partial charge is 0.412 e. The summed E-state index contributed by atoms with van der Waals surface area (Å²) in [5, 5.41) is 13.0. The number of carbonyl (C=O) groups excluding carboxylic acids is 1. The maximum Gasteiger partial charge on any atom is 0.412 e. The number of methoxy groups -OCH3 is 2. The molecule has 3 rings (SSSR count). The maximum absolute atomic E-state index is 12.6. The predicted molar refractivity (Wildman–Crippen MR) is 107 cm³/mol. The van der Waals surface area contributed by atoms with Crippen molar-refractivity contribution in [3.05, 3.63) is 46.6 Å². The highest BCUT2D eigenvalue weighted by molar-refractivity contribution is 5.89. The van der Waals surface area contributed by atoms with Gasteiger partial charge >= 0.3 is 6.09 Å². The SMILES string of the molecule is CCCNC(=O)Oc1ccc(-c2cc(=O)c3c(O)c(OC)c(OC)cc3o2)cc1. The number of phenolic OH excluding ortho intramolecular Hbond substituents is 1. The average molecular weight is 399 g/mol. The van der Waals surface area contributed by atoms with E-state index in [-0.39, 0.29) is 34.0 Å². The molecule has 0 saturated carbocycles. The quantitative estimate of drug-likeness (QED) is 0.651. The molecule has 8 heteroatoms. The molecular formula is C21H21NO7. The highest BCUT2D eigenvalue weighted by atomic mass is 16.6. The maximum atomic E-state index is 12.6. The van der Waals surface area contributed by atoms with Gasteiger partial charge in [-0.05, 0) is 30.7 Å². The molecule has 29 heavy (non-hydrogen) atoms. The number of phenols is 1. The summed E-state index contributed by atoms with van der Waals surface area (Å²) in [4.78, 5) is 24.2. The van der Waals surface area contributed by atoms with E-state index in [0.29, 0.717) is 17.9 Å². The van der Waals surface area contributed by atoms with Crippen molar-refractivity contribution in [3.8, 4) is 34.3 Å². The fraction of sp³-hybridized carbons (Fsp3) is 0.238. The van der Waals surface area contributed by atoms with Gasteiger partial charge in [0.05, 0.1) is 14.2 Å². The molecule has 1 aromatic heterocycles. The second kappa shape index (κ2) is 8.55.